The quantitative estimate of drug-likeness (QED) is 0.475. The van der Waals surface area contributed by atoms with E-state index in [4.69, 9.17) is 5.14 Å². The zero-order valence-corrected chi connectivity index (χ0v) is 9.50. The summed E-state index contributed by atoms with van der Waals surface area (Å²) in [6.45, 7) is 0. The molecule has 0 aliphatic heterocycles. The molecule has 0 spiro atoms. The van der Waals surface area contributed by atoms with E-state index in [1.54, 1.807) is 0 Å². The number of primary sulfonamides is 1. The highest BCUT2D eigenvalue weighted by molar-refractivity contribution is 8.76. The largest absolute Gasteiger partial charge is 0.241 e. The van der Waals surface area contributed by atoms with Crippen LogP contribution in [-0.4, -0.2) is 14.3 Å². The Labute approximate surface area is 88.9 Å². The fourth-order valence-corrected chi connectivity index (χ4v) is 2.37. The lowest BCUT2D eigenvalue weighted by Gasteiger charge is -2.04. The molecule has 1 aromatic carbocycles. The normalized spacial score (nSPS) is 13.9. The number of thiol groups is 1. The lowest BCUT2D eigenvalue weighted by Crippen LogP contribution is -2.14. The summed E-state index contributed by atoms with van der Waals surface area (Å²) in [5.41, 5.74) is 0. The SMILES string of the molecule is C=S(S)c1ccc(F)c(S(N)(=O)=O)c1. The first-order valence-corrected chi connectivity index (χ1v) is 7.37. The third kappa shape index (κ3) is 2.57. The van der Waals surface area contributed by atoms with E-state index in [0.29, 0.717) is 4.90 Å². The van der Waals surface area contributed by atoms with Crippen molar-refractivity contribution < 1.29 is 12.8 Å². The van der Waals surface area contributed by atoms with E-state index in [0.717, 1.165) is 12.1 Å². The molecule has 0 heterocycles. The van der Waals surface area contributed by atoms with Gasteiger partial charge in [0.1, 0.15) is 10.7 Å². The van der Waals surface area contributed by atoms with Gasteiger partial charge in [0.2, 0.25) is 10.0 Å². The van der Waals surface area contributed by atoms with Crippen LogP contribution in [0.4, 0.5) is 4.39 Å². The highest BCUT2D eigenvalue weighted by Crippen LogP contribution is 2.30. The molecule has 2 N–H and O–H groups in total. The highest BCUT2D eigenvalue weighted by Gasteiger charge is 2.14. The smallest absolute Gasteiger partial charge is 0.225 e. The lowest BCUT2D eigenvalue weighted by molar-refractivity contribution is 0.566. The van der Waals surface area contributed by atoms with Gasteiger partial charge in [0.05, 0.1) is 0 Å². The first-order valence-electron chi connectivity index (χ1n) is 3.38. The second-order valence-electron chi connectivity index (χ2n) is 2.50. The lowest BCUT2D eigenvalue weighted by atomic mass is 10.3. The Morgan fingerprint density at radius 2 is 2.07 bits per heavy atom. The summed E-state index contributed by atoms with van der Waals surface area (Å²) in [5, 5.41) is 4.82. The highest BCUT2D eigenvalue weighted by atomic mass is 33.1. The van der Waals surface area contributed by atoms with Gasteiger partial charge in [-0.1, -0.05) is 5.87 Å². The number of rotatable bonds is 2. The van der Waals surface area contributed by atoms with Crippen LogP contribution in [-0.2, 0) is 10.0 Å². The molecule has 1 rings (SSSR count). The Hall–Kier alpha value is -0.370. The van der Waals surface area contributed by atoms with Gasteiger partial charge in [-0.3, -0.25) is 0 Å². The number of hydrogen-bond acceptors (Lipinski definition) is 3. The van der Waals surface area contributed by atoms with Crippen LogP contribution in [0.2, 0.25) is 0 Å². The van der Waals surface area contributed by atoms with Crippen LogP contribution in [0, 0.1) is 5.82 Å². The predicted molar refractivity (Wildman–Crippen MR) is 59.7 cm³/mol. The van der Waals surface area contributed by atoms with Gasteiger partial charge in [-0.25, -0.2) is 17.9 Å². The van der Waals surface area contributed by atoms with Crippen molar-refractivity contribution in [3.05, 3.63) is 24.0 Å². The summed E-state index contributed by atoms with van der Waals surface area (Å²) >= 11 is 4.02. The molecule has 1 unspecified atom stereocenters. The standard InChI is InChI=1S/C7H8FNO2S3/c1-13(12)5-2-3-6(8)7(4-5)14(9,10)11/h2-4,12H,1H2,(H2,9,10,11). The second-order valence-corrected chi connectivity index (χ2v) is 6.55. The molecule has 0 amide bonds. The van der Waals surface area contributed by atoms with Crippen LogP contribution < -0.4 is 5.14 Å². The maximum absolute atomic E-state index is 13.0. The van der Waals surface area contributed by atoms with Gasteiger partial charge in [-0.15, -0.1) is 21.2 Å². The maximum atomic E-state index is 13.0. The molecular formula is C7H8FNO2S3. The van der Waals surface area contributed by atoms with Crippen LogP contribution in [0.15, 0.2) is 28.0 Å². The monoisotopic (exact) mass is 253 g/mol. The topological polar surface area (TPSA) is 60.2 Å². The van der Waals surface area contributed by atoms with Gasteiger partial charge >= 0.3 is 0 Å². The number of halogens is 1. The minimum Gasteiger partial charge on any atom is -0.225 e. The summed E-state index contributed by atoms with van der Waals surface area (Å²) in [6.07, 6.45) is 0. The summed E-state index contributed by atoms with van der Waals surface area (Å²) in [4.78, 5) is 0.00367. The number of benzene rings is 1. The van der Waals surface area contributed by atoms with E-state index in [-0.39, 0.29) is 0 Å². The second kappa shape index (κ2) is 4.01. The Morgan fingerprint density at radius 3 is 2.50 bits per heavy atom. The summed E-state index contributed by atoms with van der Waals surface area (Å²) in [5.74, 6) is 2.73. The molecule has 0 bridgehead atoms. The van der Waals surface area contributed by atoms with Crippen molar-refractivity contribution in [1.82, 2.24) is 0 Å². The van der Waals surface area contributed by atoms with Gasteiger partial charge in [0.15, 0.2) is 0 Å². The molecule has 78 valence electrons. The van der Waals surface area contributed by atoms with E-state index < -0.39 is 30.3 Å². The van der Waals surface area contributed by atoms with Crippen molar-refractivity contribution in [3.63, 3.8) is 0 Å². The van der Waals surface area contributed by atoms with E-state index in [1.807, 2.05) is 0 Å². The van der Waals surface area contributed by atoms with Crippen LogP contribution in [0.3, 0.4) is 0 Å². The first kappa shape index (κ1) is 11.7. The third-order valence-electron chi connectivity index (χ3n) is 1.48. The van der Waals surface area contributed by atoms with Gasteiger partial charge < -0.3 is 0 Å². The van der Waals surface area contributed by atoms with Gasteiger partial charge in [0.25, 0.3) is 0 Å². The summed E-state index contributed by atoms with van der Waals surface area (Å²) < 4.78 is 34.9. The zero-order valence-electron chi connectivity index (χ0n) is 6.97. The Morgan fingerprint density at radius 1 is 1.50 bits per heavy atom. The average molecular weight is 253 g/mol. The van der Waals surface area contributed by atoms with Crippen LogP contribution in [0.1, 0.15) is 0 Å². The van der Waals surface area contributed by atoms with Crippen LogP contribution >= 0.6 is 21.2 Å². The minimum atomic E-state index is -4.02. The number of sulfonamides is 1. The molecule has 0 saturated heterocycles. The average Bonchev–Trinajstić information content (AvgIpc) is 2.02. The van der Waals surface area contributed by atoms with Crippen LogP contribution in [0.25, 0.3) is 0 Å². The molecule has 14 heavy (non-hydrogen) atoms. The van der Waals surface area contributed by atoms with E-state index >= 15 is 0 Å². The molecule has 0 aliphatic rings. The van der Waals surface area contributed by atoms with Crippen molar-refractivity contribution >= 4 is 37.1 Å². The third-order valence-corrected chi connectivity index (χ3v) is 3.84. The molecular weight excluding hydrogens is 245 g/mol. The van der Waals surface area contributed by atoms with Gasteiger partial charge in [-0.05, 0) is 18.2 Å². The Balaban J connectivity index is 3.44. The predicted octanol–water partition coefficient (Wildman–Crippen LogP) is 1.38. The van der Waals surface area contributed by atoms with E-state index in [9.17, 15) is 12.8 Å². The van der Waals surface area contributed by atoms with Crippen molar-refractivity contribution in [2.45, 2.75) is 9.79 Å². The van der Waals surface area contributed by atoms with Crippen molar-refractivity contribution in [2.24, 2.45) is 5.14 Å². The first-order chi connectivity index (χ1) is 6.32. The number of hydrogen-bond donors (Lipinski definition) is 2. The summed E-state index contributed by atoms with van der Waals surface area (Å²) in [7, 11) is -4.70. The Bertz CT molecular complexity index is 484. The van der Waals surface area contributed by atoms with Gasteiger partial charge in [-0.2, -0.15) is 0 Å². The number of nitrogens with two attached hydrogens (primary N) is 1. The van der Waals surface area contributed by atoms with Crippen molar-refractivity contribution in [2.75, 3.05) is 0 Å². The van der Waals surface area contributed by atoms with Gasteiger partial charge in [0, 0.05) is 4.90 Å². The zero-order chi connectivity index (χ0) is 10.9. The Kier molecular flexibility index (Phi) is 3.36. The van der Waals surface area contributed by atoms with Crippen molar-refractivity contribution in [1.29, 1.82) is 0 Å². The van der Waals surface area contributed by atoms with E-state index in [1.165, 1.54) is 6.07 Å². The molecule has 0 saturated carbocycles. The molecule has 0 fully saturated rings. The van der Waals surface area contributed by atoms with E-state index in [2.05, 4.69) is 17.5 Å². The molecule has 0 aromatic heterocycles. The molecule has 3 nitrogen and oxygen atoms in total. The molecule has 1 atom stereocenters. The molecule has 7 heteroatoms. The molecule has 0 radical (unpaired) electrons. The molecule has 0 aliphatic carbocycles. The minimum absolute atomic E-state index is 0.523. The van der Waals surface area contributed by atoms with Crippen LogP contribution in [0.5, 0.6) is 0 Å². The fraction of sp³-hybridized carbons (Fsp3) is 0. The summed E-state index contributed by atoms with van der Waals surface area (Å²) in [6, 6.07) is 3.61. The van der Waals surface area contributed by atoms with Crippen molar-refractivity contribution in [3.8, 4) is 0 Å². The molecule has 1 aromatic rings. The maximum Gasteiger partial charge on any atom is 0.241 e. The fourth-order valence-electron chi connectivity index (χ4n) is 0.848.